The molecule has 0 bridgehead atoms. The minimum absolute atomic E-state index is 0.358. The van der Waals surface area contributed by atoms with Gasteiger partial charge in [0, 0.05) is 24.3 Å². The van der Waals surface area contributed by atoms with Crippen molar-refractivity contribution in [1.82, 2.24) is 15.0 Å². The molecular formula is C23H27N7O2. The molecule has 0 atom stereocenters. The maximum Gasteiger partial charge on any atom is 0.250 e. The van der Waals surface area contributed by atoms with Crippen molar-refractivity contribution < 1.29 is 9.47 Å². The van der Waals surface area contributed by atoms with Crippen molar-refractivity contribution in [2.45, 2.75) is 19.3 Å². The van der Waals surface area contributed by atoms with Gasteiger partial charge in [0.05, 0.1) is 20.4 Å². The first-order chi connectivity index (χ1) is 15.7. The van der Waals surface area contributed by atoms with E-state index in [4.69, 9.17) is 9.47 Å². The van der Waals surface area contributed by atoms with E-state index in [1.807, 2.05) is 48.5 Å². The monoisotopic (exact) mass is 433 g/mol. The van der Waals surface area contributed by atoms with Crippen molar-refractivity contribution in [2.75, 3.05) is 43.0 Å². The van der Waals surface area contributed by atoms with E-state index >= 15 is 0 Å². The molecule has 2 heterocycles. The van der Waals surface area contributed by atoms with E-state index in [1.165, 1.54) is 6.42 Å². The highest BCUT2D eigenvalue weighted by Crippen LogP contribution is 2.23. The predicted molar refractivity (Wildman–Crippen MR) is 126 cm³/mol. The molecule has 1 saturated heterocycles. The molecule has 0 spiro atoms. The van der Waals surface area contributed by atoms with Crippen molar-refractivity contribution in [2.24, 2.45) is 5.10 Å². The molecule has 9 heteroatoms. The van der Waals surface area contributed by atoms with Crippen LogP contribution < -0.4 is 25.1 Å². The van der Waals surface area contributed by atoms with Gasteiger partial charge in [0.2, 0.25) is 17.8 Å². The normalized spacial score (nSPS) is 13.8. The topological polar surface area (TPSA) is 96.8 Å². The van der Waals surface area contributed by atoms with Gasteiger partial charge in [-0.15, -0.1) is 0 Å². The van der Waals surface area contributed by atoms with Crippen molar-refractivity contribution in [1.29, 1.82) is 0 Å². The lowest BCUT2D eigenvalue weighted by Crippen LogP contribution is -2.31. The van der Waals surface area contributed by atoms with E-state index in [2.05, 4.69) is 35.7 Å². The summed E-state index contributed by atoms with van der Waals surface area (Å²) in [5.74, 6) is 2.86. The highest BCUT2D eigenvalue weighted by molar-refractivity contribution is 5.84. The van der Waals surface area contributed by atoms with Crippen LogP contribution in [0.4, 0.5) is 23.5 Å². The van der Waals surface area contributed by atoms with Crippen LogP contribution in [0.2, 0.25) is 0 Å². The third-order valence-electron chi connectivity index (χ3n) is 5.10. The average molecular weight is 434 g/mol. The molecule has 1 fully saturated rings. The lowest BCUT2D eigenvalue weighted by molar-refractivity contribution is 0.402. The van der Waals surface area contributed by atoms with Gasteiger partial charge in [-0.3, -0.25) is 0 Å². The number of hydrazone groups is 1. The summed E-state index contributed by atoms with van der Waals surface area (Å²) in [6.07, 6.45) is 5.14. The molecule has 1 aliphatic rings. The fourth-order valence-electron chi connectivity index (χ4n) is 3.46. The Labute approximate surface area is 187 Å². The molecule has 166 valence electrons. The summed E-state index contributed by atoms with van der Waals surface area (Å²) in [7, 11) is 3.24. The number of hydrogen-bond donors (Lipinski definition) is 2. The van der Waals surface area contributed by atoms with Crippen molar-refractivity contribution in [3.63, 3.8) is 0 Å². The summed E-state index contributed by atoms with van der Waals surface area (Å²) < 4.78 is 10.7. The molecule has 0 amide bonds. The van der Waals surface area contributed by atoms with Crippen molar-refractivity contribution in [3.05, 3.63) is 54.1 Å². The predicted octanol–water partition coefficient (Wildman–Crippen LogP) is 4.07. The maximum atomic E-state index is 5.40. The third-order valence-corrected chi connectivity index (χ3v) is 5.10. The molecule has 3 aromatic rings. The quantitative estimate of drug-likeness (QED) is 0.405. The first kappa shape index (κ1) is 21.4. The number of rotatable bonds is 8. The van der Waals surface area contributed by atoms with Crippen LogP contribution >= 0.6 is 0 Å². The summed E-state index contributed by atoms with van der Waals surface area (Å²) in [5, 5.41) is 7.57. The van der Waals surface area contributed by atoms with Crippen LogP contribution in [0.3, 0.4) is 0 Å². The van der Waals surface area contributed by atoms with E-state index in [0.717, 1.165) is 37.2 Å². The molecule has 0 unspecified atom stereocenters. The Bertz CT molecular complexity index is 1050. The average Bonchev–Trinajstić information content (AvgIpc) is 2.85. The third kappa shape index (κ3) is 5.42. The Kier molecular flexibility index (Phi) is 6.96. The second kappa shape index (κ2) is 10.4. The standard InChI is InChI=1S/C23H27N7O2/c1-31-19-11-12-20(32-2)17(15-19)16-24-29-22-26-21(25-18-9-5-3-6-10-18)27-23(28-22)30-13-7-4-8-14-30/h3,5-6,9-12,15-16H,4,7-8,13-14H2,1-2H3,(H2,25,26,27,28,29). The molecule has 0 aliphatic carbocycles. The Morgan fingerprint density at radius 1 is 0.906 bits per heavy atom. The molecule has 1 aliphatic heterocycles. The van der Waals surface area contributed by atoms with Crippen LogP contribution in [-0.4, -0.2) is 48.5 Å². The number of piperidine rings is 1. The molecular weight excluding hydrogens is 406 g/mol. The van der Waals surface area contributed by atoms with Crippen LogP contribution in [0.25, 0.3) is 0 Å². The highest BCUT2D eigenvalue weighted by Gasteiger charge is 2.16. The number of para-hydroxylation sites is 1. The second-order valence-corrected chi connectivity index (χ2v) is 7.30. The number of hydrogen-bond acceptors (Lipinski definition) is 9. The van der Waals surface area contributed by atoms with Crippen LogP contribution in [0.15, 0.2) is 53.6 Å². The SMILES string of the molecule is COc1ccc(OC)c(C=NNc2nc(Nc3ccccc3)nc(N3CCCCC3)n2)c1. The summed E-state index contributed by atoms with van der Waals surface area (Å²) in [6, 6.07) is 15.3. The van der Waals surface area contributed by atoms with Crippen molar-refractivity contribution >= 4 is 29.7 Å². The lowest BCUT2D eigenvalue weighted by atomic mass is 10.1. The van der Waals surface area contributed by atoms with Gasteiger partial charge in [0.15, 0.2) is 0 Å². The Hall–Kier alpha value is -3.88. The molecule has 32 heavy (non-hydrogen) atoms. The second-order valence-electron chi connectivity index (χ2n) is 7.30. The zero-order valence-corrected chi connectivity index (χ0v) is 18.3. The molecule has 9 nitrogen and oxygen atoms in total. The molecule has 1 aromatic heterocycles. The lowest BCUT2D eigenvalue weighted by Gasteiger charge is -2.26. The van der Waals surface area contributed by atoms with Gasteiger partial charge < -0.3 is 19.7 Å². The van der Waals surface area contributed by atoms with Crippen LogP contribution in [0.5, 0.6) is 11.5 Å². The number of benzene rings is 2. The first-order valence-corrected chi connectivity index (χ1v) is 10.6. The van der Waals surface area contributed by atoms with E-state index in [1.54, 1.807) is 20.4 Å². The molecule has 2 aromatic carbocycles. The fraction of sp³-hybridized carbons (Fsp3) is 0.304. The largest absolute Gasteiger partial charge is 0.497 e. The van der Waals surface area contributed by atoms with E-state index < -0.39 is 0 Å². The van der Waals surface area contributed by atoms with Gasteiger partial charge in [0.1, 0.15) is 11.5 Å². The van der Waals surface area contributed by atoms with Gasteiger partial charge in [-0.1, -0.05) is 18.2 Å². The number of aromatic nitrogens is 3. The molecule has 4 rings (SSSR count). The van der Waals surface area contributed by atoms with E-state index in [9.17, 15) is 0 Å². The zero-order chi connectivity index (χ0) is 22.2. The van der Waals surface area contributed by atoms with Gasteiger partial charge >= 0.3 is 0 Å². The van der Waals surface area contributed by atoms with Crippen LogP contribution in [0, 0.1) is 0 Å². The van der Waals surface area contributed by atoms with Crippen molar-refractivity contribution in [3.8, 4) is 11.5 Å². The number of ether oxygens (including phenoxy) is 2. The molecule has 2 N–H and O–H groups in total. The van der Waals surface area contributed by atoms with E-state index in [-0.39, 0.29) is 0 Å². The zero-order valence-electron chi connectivity index (χ0n) is 18.3. The van der Waals surface area contributed by atoms with Crippen LogP contribution in [-0.2, 0) is 0 Å². The number of nitrogens with zero attached hydrogens (tertiary/aromatic N) is 5. The summed E-state index contributed by atoms with van der Waals surface area (Å²) in [4.78, 5) is 15.9. The number of nitrogens with one attached hydrogen (secondary N) is 2. The number of anilines is 4. The van der Waals surface area contributed by atoms with Crippen LogP contribution in [0.1, 0.15) is 24.8 Å². The Morgan fingerprint density at radius 3 is 2.44 bits per heavy atom. The Morgan fingerprint density at radius 2 is 1.69 bits per heavy atom. The fourth-order valence-corrected chi connectivity index (χ4v) is 3.46. The molecule has 0 saturated carbocycles. The maximum absolute atomic E-state index is 5.40. The highest BCUT2D eigenvalue weighted by atomic mass is 16.5. The Balaban J connectivity index is 1.58. The van der Waals surface area contributed by atoms with Gasteiger partial charge in [-0.2, -0.15) is 20.1 Å². The first-order valence-electron chi connectivity index (χ1n) is 10.6. The van der Waals surface area contributed by atoms with Gasteiger partial charge in [-0.25, -0.2) is 5.43 Å². The summed E-state index contributed by atoms with van der Waals surface area (Å²) in [6.45, 7) is 1.86. The number of methoxy groups -OCH3 is 2. The summed E-state index contributed by atoms with van der Waals surface area (Å²) >= 11 is 0. The molecule has 0 radical (unpaired) electrons. The van der Waals surface area contributed by atoms with E-state index in [0.29, 0.717) is 29.3 Å². The summed E-state index contributed by atoms with van der Waals surface area (Å²) in [5.41, 5.74) is 4.60. The minimum atomic E-state index is 0.358. The van der Waals surface area contributed by atoms with Gasteiger partial charge in [0.25, 0.3) is 0 Å². The van der Waals surface area contributed by atoms with Gasteiger partial charge in [-0.05, 0) is 49.6 Å². The smallest absolute Gasteiger partial charge is 0.250 e. The minimum Gasteiger partial charge on any atom is -0.497 e.